The van der Waals surface area contributed by atoms with Gasteiger partial charge in [-0.15, -0.1) is 0 Å². The van der Waals surface area contributed by atoms with Crippen molar-refractivity contribution in [3.63, 3.8) is 0 Å². The summed E-state index contributed by atoms with van der Waals surface area (Å²) in [7, 11) is 0. The fraction of sp³-hybridized carbons (Fsp3) is 0.583. The second-order valence-electron chi connectivity index (χ2n) is 3.47. The molecule has 0 bridgehead atoms. The van der Waals surface area contributed by atoms with Crippen molar-refractivity contribution in [2.24, 2.45) is 0 Å². The van der Waals surface area contributed by atoms with E-state index in [0.717, 1.165) is 6.42 Å². The lowest BCUT2D eigenvalue weighted by molar-refractivity contribution is -0.138. The summed E-state index contributed by atoms with van der Waals surface area (Å²) >= 11 is 0. The molecule has 0 spiro atoms. The minimum atomic E-state index is -0.987. The van der Waals surface area contributed by atoms with Gasteiger partial charge in [0.2, 0.25) is 0 Å². The van der Waals surface area contributed by atoms with Crippen molar-refractivity contribution < 1.29 is 15.0 Å². The van der Waals surface area contributed by atoms with E-state index < -0.39 is 12.1 Å². The van der Waals surface area contributed by atoms with Gasteiger partial charge in [0.05, 0.1) is 12.5 Å². The van der Waals surface area contributed by atoms with E-state index in [1.54, 1.807) is 6.08 Å². The fourth-order valence-electron chi connectivity index (χ4n) is 1.13. The molecule has 1 atom stereocenters. The molecule has 0 fully saturated rings. The lowest BCUT2D eigenvalue weighted by Crippen LogP contribution is -2.09. The quantitative estimate of drug-likeness (QED) is 0.480. The van der Waals surface area contributed by atoms with Crippen LogP contribution in [0, 0.1) is 0 Å². The van der Waals surface area contributed by atoms with E-state index in [1.807, 2.05) is 12.2 Å². The van der Waals surface area contributed by atoms with Crippen LogP contribution in [0.4, 0.5) is 0 Å². The smallest absolute Gasteiger partial charge is 0.306 e. The fourth-order valence-corrected chi connectivity index (χ4v) is 1.13. The standard InChI is InChI=1S/C12H20O3/c1-2-3-4-5-6-7-8-9-11(13)10-12(14)15/h6-9,11,13H,2-5,10H2,1H3,(H,14,15). The number of unbranched alkanes of at least 4 members (excludes halogenated alkanes) is 3. The van der Waals surface area contributed by atoms with Crippen LogP contribution in [-0.4, -0.2) is 22.3 Å². The molecular formula is C12H20O3. The molecule has 86 valence electrons. The Morgan fingerprint density at radius 1 is 1.33 bits per heavy atom. The normalized spacial score (nSPS) is 13.7. The van der Waals surface area contributed by atoms with E-state index in [4.69, 9.17) is 10.2 Å². The lowest BCUT2D eigenvalue weighted by Gasteiger charge is -1.98. The van der Waals surface area contributed by atoms with Gasteiger partial charge < -0.3 is 10.2 Å². The van der Waals surface area contributed by atoms with Gasteiger partial charge in [-0.05, 0) is 12.8 Å². The molecule has 0 aromatic heterocycles. The molecule has 0 radical (unpaired) electrons. The number of hydrogen-bond acceptors (Lipinski definition) is 2. The largest absolute Gasteiger partial charge is 0.481 e. The van der Waals surface area contributed by atoms with Crippen LogP contribution in [0.5, 0.6) is 0 Å². The Morgan fingerprint density at radius 2 is 2.07 bits per heavy atom. The summed E-state index contributed by atoms with van der Waals surface area (Å²) in [4.78, 5) is 10.2. The van der Waals surface area contributed by atoms with Crippen LogP contribution in [0.2, 0.25) is 0 Å². The first-order valence-corrected chi connectivity index (χ1v) is 5.40. The van der Waals surface area contributed by atoms with E-state index in [9.17, 15) is 4.79 Å². The maximum atomic E-state index is 10.2. The molecule has 3 heteroatoms. The van der Waals surface area contributed by atoms with Gasteiger partial charge >= 0.3 is 5.97 Å². The van der Waals surface area contributed by atoms with Crippen LogP contribution in [-0.2, 0) is 4.79 Å². The summed E-state index contributed by atoms with van der Waals surface area (Å²) in [6.07, 6.45) is 10.6. The van der Waals surface area contributed by atoms with Gasteiger partial charge in [0.15, 0.2) is 0 Å². The minimum absolute atomic E-state index is 0.236. The van der Waals surface area contributed by atoms with Crippen molar-refractivity contribution in [3.05, 3.63) is 24.3 Å². The van der Waals surface area contributed by atoms with E-state index in [2.05, 4.69) is 6.92 Å². The van der Waals surface area contributed by atoms with Crippen LogP contribution in [0.1, 0.15) is 39.0 Å². The number of rotatable bonds is 8. The van der Waals surface area contributed by atoms with Gasteiger partial charge in [-0.3, -0.25) is 4.79 Å². The van der Waals surface area contributed by atoms with Gasteiger partial charge in [0.25, 0.3) is 0 Å². The number of carbonyl (C=O) groups is 1. The molecule has 3 nitrogen and oxygen atoms in total. The van der Waals surface area contributed by atoms with Crippen molar-refractivity contribution in [1.29, 1.82) is 0 Å². The third kappa shape index (κ3) is 10.8. The zero-order chi connectivity index (χ0) is 11.5. The zero-order valence-corrected chi connectivity index (χ0v) is 9.22. The lowest BCUT2D eigenvalue weighted by atomic mass is 10.2. The van der Waals surface area contributed by atoms with E-state index in [-0.39, 0.29) is 6.42 Å². The topological polar surface area (TPSA) is 57.5 Å². The Labute approximate surface area is 91.1 Å². The molecule has 0 aliphatic carbocycles. The average molecular weight is 212 g/mol. The van der Waals surface area contributed by atoms with Crippen molar-refractivity contribution in [2.75, 3.05) is 0 Å². The molecule has 0 saturated heterocycles. The first kappa shape index (κ1) is 13.9. The van der Waals surface area contributed by atoms with Crippen molar-refractivity contribution in [2.45, 2.75) is 45.1 Å². The average Bonchev–Trinajstić information content (AvgIpc) is 2.15. The Kier molecular flexibility index (Phi) is 8.78. The minimum Gasteiger partial charge on any atom is -0.481 e. The van der Waals surface area contributed by atoms with Gasteiger partial charge in [-0.25, -0.2) is 0 Å². The summed E-state index contributed by atoms with van der Waals surface area (Å²) in [5.41, 5.74) is 0. The Morgan fingerprint density at radius 3 is 2.67 bits per heavy atom. The molecule has 0 rings (SSSR count). The number of carboxylic acids is 1. The van der Waals surface area contributed by atoms with Crippen LogP contribution >= 0.6 is 0 Å². The van der Waals surface area contributed by atoms with Crippen LogP contribution < -0.4 is 0 Å². The SMILES string of the molecule is CCCCCC=CC=CC(O)CC(=O)O. The number of allylic oxidation sites excluding steroid dienone is 3. The van der Waals surface area contributed by atoms with Crippen molar-refractivity contribution in [3.8, 4) is 0 Å². The highest BCUT2D eigenvalue weighted by atomic mass is 16.4. The highest BCUT2D eigenvalue weighted by Gasteiger charge is 2.03. The second-order valence-corrected chi connectivity index (χ2v) is 3.47. The Hall–Kier alpha value is -1.09. The highest BCUT2D eigenvalue weighted by Crippen LogP contribution is 2.00. The predicted octanol–water partition coefficient (Wildman–Crippen LogP) is 2.51. The second kappa shape index (κ2) is 9.46. The maximum Gasteiger partial charge on any atom is 0.306 e. The Bertz CT molecular complexity index is 219. The molecule has 0 heterocycles. The van der Waals surface area contributed by atoms with E-state index in [0.29, 0.717) is 0 Å². The number of hydrogen-bond donors (Lipinski definition) is 2. The predicted molar refractivity (Wildman–Crippen MR) is 60.7 cm³/mol. The maximum absolute atomic E-state index is 10.2. The molecule has 0 saturated carbocycles. The summed E-state index contributed by atoms with van der Waals surface area (Å²) in [5, 5.41) is 17.5. The molecule has 1 unspecified atom stereocenters. The molecule has 0 aliphatic heterocycles. The Balaban J connectivity index is 3.55. The number of aliphatic hydroxyl groups is 1. The summed E-state index contributed by atoms with van der Waals surface area (Å²) in [6.45, 7) is 2.16. The van der Waals surface area contributed by atoms with E-state index >= 15 is 0 Å². The highest BCUT2D eigenvalue weighted by molar-refractivity contribution is 5.67. The molecule has 0 aromatic carbocycles. The molecule has 2 N–H and O–H groups in total. The zero-order valence-electron chi connectivity index (χ0n) is 9.22. The van der Waals surface area contributed by atoms with Crippen LogP contribution in [0.15, 0.2) is 24.3 Å². The molecule has 0 amide bonds. The first-order chi connectivity index (χ1) is 7.16. The molecule has 15 heavy (non-hydrogen) atoms. The van der Waals surface area contributed by atoms with Crippen molar-refractivity contribution in [1.82, 2.24) is 0 Å². The number of aliphatic hydroxyl groups excluding tert-OH is 1. The molecular weight excluding hydrogens is 192 g/mol. The summed E-state index contributed by atoms with van der Waals surface area (Å²) < 4.78 is 0. The van der Waals surface area contributed by atoms with E-state index in [1.165, 1.54) is 25.3 Å². The third-order valence-electron chi connectivity index (χ3n) is 1.94. The van der Waals surface area contributed by atoms with Gasteiger partial charge in [0.1, 0.15) is 0 Å². The van der Waals surface area contributed by atoms with Gasteiger partial charge in [0, 0.05) is 0 Å². The summed E-state index contributed by atoms with van der Waals surface area (Å²) in [5.74, 6) is -0.987. The van der Waals surface area contributed by atoms with Crippen LogP contribution in [0.25, 0.3) is 0 Å². The monoisotopic (exact) mass is 212 g/mol. The van der Waals surface area contributed by atoms with Crippen LogP contribution in [0.3, 0.4) is 0 Å². The third-order valence-corrected chi connectivity index (χ3v) is 1.94. The van der Waals surface area contributed by atoms with Crippen molar-refractivity contribution >= 4 is 5.97 Å². The number of carboxylic acid groups (broad SMARTS) is 1. The molecule has 0 aliphatic rings. The summed E-state index contributed by atoms with van der Waals surface area (Å²) in [6, 6.07) is 0. The molecule has 0 aromatic rings. The van der Waals surface area contributed by atoms with Gasteiger partial charge in [-0.2, -0.15) is 0 Å². The first-order valence-electron chi connectivity index (χ1n) is 5.40. The van der Waals surface area contributed by atoms with Gasteiger partial charge in [-0.1, -0.05) is 44.1 Å². The number of aliphatic carboxylic acids is 1.